The lowest BCUT2D eigenvalue weighted by Crippen LogP contribution is -2.37. The van der Waals surface area contributed by atoms with Crippen LogP contribution in [0.25, 0.3) is 0 Å². The Hall–Kier alpha value is -1.10. The molecule has 1 atom stereocenters. The molecule has 0 aliphatic rings. The van der Waals surface area contributed by atoms with E-state index in [2.05, 4.69) is 18.7 Å². The fourth-order valence-corrected chi connectivity index (χ4v) is 1.95. The quantitative estimate of drug-likeness (QED) is 0.783. The fraction of sp³-hybridized carbons (Fsp3) is 0.600. The van der Waals surface area contributed by atoms with Gasteiger partial charge in [0.15, 0.2) is 0 Å². The third-order valence-electron chi connectivity index (χ3n) is 3.20. The first-order valence-corrected chi connectivity index (χ1v) is 6.63. The third kappa shape index (κ3) is 5.19. The molecule has 0 aliphatic heterocycles. The number of aliphatic hydroxyl groups is 1. The number of benzene rings is 1. The highest BCUT2D eigenvalue weighted by molar-refractivity contribution is 5.29. The lowest BCUT2D eigenvalue weighted by atomic mass is 10.1. The van der Waals surface area contributed by atoms with Gasteiger partial charge in [0.25, 0.3) is 0 Å². The summed E-state index contributed by atoms with van der Waals surface area (Å²) in [5, 5.41) is 10.3. The monoisotopic (exact) mass is 267 g/mol. The Morgan fingerprint density at radius 2 is 2.00 bits per heavy atom. The molecule has 4 nitrogen and oxygen atoms in total. The molecular formula is C15H25NO3. The van der Waals surface area contributed by atoms with Crippen LogP contribution in [-0.2, 0) is 4.74 Å². The smallest absolute Gasteiger partial charge is 0.119 e. The van der Waals surface area contributed by atoms with Gasteiger partial charge < -0.3 is 14.6 Å². The van der Waals surface area contributed by atoms with Crippen LogP contribution in [0.4, 0.5) is 0 Å². The zero-order chi connectivity index (χ0) is 14.3. The summed E-state index contributed by atoms with van der Waals surface area (Å²) < 4.78 is 10.3. The number of ether oxygens (including phenoxy) is 2. The van der Waals surface area contributed by atoms with Crippen molar-refractivity contribution in [3.8, 4) is 5.75 Å². The van der Waals surface area contributed by atoms with E-state index in [0.717, 1.165) is 17.9 Å². The summed E-state index contributed by atoms with van der Waals surface area (Å²) in [5.74, 6) is 0.768. The Balaban J connectivity index is 2.66. The molecule has 1 rings (SSSR count). The number of nitrogens with zero attached hydrogens (tertiary/aromatic N) is 1. The number of aliphatic hydroxyl groups excluding tert-OH is 1. The van der Waals surface area contributed by atoms with E-state index in [4.69, 9.17) is 9.47 Å². The van der Waals surface area contributed by atoms with Crippen molar-refractivity contribution in [1.29, 1.82) is 0 Å². The topological polar surface area (TPSA) is 41.9 Å². The van der Waals surface area contributed by atoms with E-state index in [1.165, 1.54) is 0 Å². The molecule has 1 aromatic rings. The second-order valence-electron chi connectivity index (χ2n) is 4.87. The molecule has 0 spiro atoms. The number of hydrogen-bond donors (Lipinski definition) is 1. The highest BCUT2D eigenvalue weighted by Crippen LogP contribution is 2.20. The molecule has 0 aliphatic carbocycles. The van der Waals surface area contributed by atoms with Gasteiger partial charge in [-0.1, -0.05) is 12.1 Å². The Labute approximate surface area is 115 Å². The molecule has 0 amide bonds. The van der Waals surface area contributed by atoms with E-state index in [0.29, 0.717) is 19.2 Å². The summed E-state index contributed by atoms with van der Waals surface area (Å²) in [5.41, 5.74) is 0.877. The van der Waals surface area contributed by atoms with Gasteiger partial charge in [-0.3, -0.25) is 4.90 Å². The van der Waals surface area contributed by atoms with Crippen LogP contribution in [0, 0.1) is 0 Å². The van der Waals surface area contributed by atoms with E-state index in [1.807, 2.05) is 24.3 Å². The Bertz CT molecular complexity index is 368. The summed E-state index contributed by atoms with van der Waals surface area (Å²) in [6.07, 6.45) is -0.519. The molecule has 108 valence electrons. The van der Waals surface area contributed by atoms with E-state index in [9.17, 15) is 5.11 Å². The summed E-state index contributed by atoms with van der Waals surface area (Å²) in [4.78, 5) is 2.20. The highest BCUT2D eigenvalue weighted by atomic mass is 16.5. The molecule has 1 aromatic carbocycles. The number of rotatable bonds is 8. The molecule has 4 heteroatoms. The predicted octanol–water partition coefficient (Wildman–Crippen LogP) is 2.09. The van der Waals surface area contributed by atoms with Crippen LogP contribution in [0.2, 0.25) is 0 Å². The van der Waals surface area contributed by atoms with Crippen molar-refractivity contribution in [1.82, 2.24) is 4.90 Å². The van der Waals surface area contributed by atoms with Gasteiger partial charge in [-0.25, -0.2) is 0 Å². The van der Waals surface area contributed by atoms with Gasteiger partial charge in [-0.15, -0.1) is 0 Å². The van der Waals surface area contributed by atoms with Gasteiger partial charge in [0, 0.05) is 26.2 Å². The lowest BCUT2D eigenvalue weighted by molar-refractivity contribution is 0.0720. The van der Waals surface area contributed by atoms with Crippen LogP contribution in [0.5, 0.6) is 5.75 Å². The summed E-state index contributed by atoms with van der Waals surface area (Å²) in [6.45, 7) is 6.31. The average molecular weight is 267 g/mol. The Morgan fingerprint density at radius 3 is 2.58 bits per heavy atom. The van der Waals surface area contributed by atoms with Crippen molar-refractivity contribution in [3.63, 3.8) is 0 Å². The standard InChI is InChI=1S/C15H25NO3/c1-12(2)16(8-9-18-3)11-15(17)13-6-5-7-14(10-13)19-4/h5-7,10,12,15,17H,8-9,11H2,1-4H3. The largest absolute Gasteiger partial charge is 0.497 e. The molecule has 1 N–H and O–H groups in total. The molecule has 0 bridgehead atoms. The van der Waals surface area contributed by atoms with Gasteiger partial charge in [-0.05, 0) is 31.5 Å². The zero-order valence-electron chi connectivity index (χ0n) is 12.3. The van der Waals surface area contributed by atoms with Crippen molar-refractivity contribution >= 4 is 0 Å². The van der Waals surface area contributed by atoms with Gasteiger partial charge in [0.1, 0.15) is 5.75 Å². The highest BCUT2D eigenvalue weighted by Gasteiger charge is 2.16. The van der Waals surface area contributed by atoms with Crippen LogP contribution < -0.4 is 4.74 Å². The first-order valence-electron chi connectivity index (χ1n) is 6.63. The summed E-state index contributed by atoms with van der Waals surface area (Å²) in [6, 6.07) is 7.94. The minimum Gasteiger partial charge on any atom is -0.497 e. The minimum atomic E-state index is -0.519. The first-order chi connectivity index (χ1) is 9.08. The van der Waals surface area contributed by atoms with Crippen LogP contribution in [0.15, 0.2) is 24.3 Å². The van der Waals surface area contributed by atoms with Gasteiger partial charge >= 0.3 is 0 Å². The Kier molecular flexibility index (Phi) is 6.84. The molecular weight excluding hydrogens is 242 g/mol. The van der Waals surface area contributed by atoms with E-state index < -0.39 is 6.10 Å². The molecule has 0 saturated heterocycles. The van der Waals surface area contributed by atoms with Crippen LogP contribution in [0.3, 0.4) is 0 Å². The molecule has 0 heterocycles. The predicted molar refractivity (Wildman–Crippen MR) is 76.5 cm³/mol. The molecule has 0 radical (unpaired) electrons. The molecule has 0 fully saturated rings. The maximum Gasteiger partial charge on any atom is 0.119 e. The van der Waals surface area contributed by atoms with Crippen molar-refractivity contribution in [2.75, 3.05) is 33.9 Å². The SMILES string of the molecule is COCCN(CC(O)c1cccc(OC)c1)C(C)C. The number of methoxy groups -OCH3 is 2. The van der Waals surface area contributed by atoms with E-state index in [-0.39, 0.29) is 0 Å². The van der Waals surface area contributed by atoms with Gasteiger partial charge in [0.2, 0.25) is 0 Å². The first kappa shape index (κ1) is 16.0. The molecule has 0 aromatic heterocycles. The van der Waals surface area contributed by atoms with Crippen LogP contribution in [0.1, 0.15) is 25.5 Å². The van der Waals surface area contributed by atoms with Crippen molar-refractivity contribution in [2.24, 2.45) is 0 Å². The normalized spacial score (nSPS) is 13.0. The molecule has 0 saturated carbocycles. The van der Waals surface area contributed by atoms with E-state index >= 15 is 0 Å². The van der Waals surface area contributed by atoms with Gasteiger partial charge in [0.05, 0.1) is 19.8 Å². The molecule has 1 unspecified atom stereocenters. The maximum atomic E-state index is 10.3. The average Bonchev–Trinajstić information content (AvgIpc) is 2.42. The minimum absolute atomic E-state index is 0.371. The van der Waals surface area contributed by atoms with Gasteiger partial charge in [-0.2, -0.15) is 0 Å². The van der Waals surface area contributed by atoms with Crippen LogP contribution >= 0.6 is 0 Å². The summed E-state index contributed by atoms with van der Waals surface area (Å²) >= 11 is 0. The van der Waals surface area contributed by atoms with E-state index in [1.54, 1.807) is 14.2 Å². The summed E-state index contributed by atoms with van der Waals surface area (Å²) in [7, 11) is 3.32. The fourth-order valence-electron chi connectivity index (χ4n) is 1.95. The zero-order valence-corrected chi connectivity index (χ0v) is 12.3. The molecule has 19 heavy (non-hydrogen) atoms. The van der Waals surface area contributed by atoms with Crippen molar-refractivity contribution in [2.45, 2.75) is 26.0 Å². The second kappa shape index (κ2) is 8.15. The number of hydrogen-bond acceptors (Lipinski definition) is 4. The Morgan fingerprint density at radius 1 is 1.26 bits per heavy atom. The third-order valence-corrected chi connectivity index (χ3v) is 3.20. The maximum absolute atomic E-state index is 10.3. The second-order valence-corrected chi connectivity index (χ2v) is 4.87. The van der Waals surface area contributed by atoms with Crippen molar-refractivity contribution in [3.05, 3.63) is 29.8 Å². The van der Waals surface area contributed by atoms with Crippen molar-refractivity contribution < 1.29 is 14.6 Å². The lowest BCUT2D eigenvalue weighted by Gasteiger charge is -2.28. The van der Waals surface area contributed by atoms with Crippen LogP contribution in [-0.4, -0.2) is 50.0 Å².